The largest absolute Gasteiger partial charge is 0.496 e. The minimum atomic E-state index is -0.255. The van der Waals surface area contributed by atoms with Gasteiger partial charge in [-0.05, 0) is 71.6 Å². The maximum Gasteiger partial charge on any atom is 0.115 e. The minimum absolute atomic E-state index is 0.0201. The third-order valence-corrected chi connectivity index (χ3v) is 8.74. The van der Waals surface area contributed by atoms with Crippen molar-refractivity contribution >= 4 is 11.6 Å². The Hall–Kier alpha value is -1.65. The number of hydrogen-bond donors (Lipinski definition) is 1. The lowest BCUT2D eigenvalue weighted by Gasteiger charge is -2.52. The summed E-state index contributed by atoms with van der Waals surface area (Å²) in [5.41, 5.74) is 6.42. The van der Waals surface area contributed by atoms with E-state index in [0.29, 0.717) is 17.7 Å². The average molecular weight is 428 g/mol. The van der Waals surface area contributed by atoms with Crippen molar-refractivity contribution in [3.05, 3.63) is 63.3 Å². The number of benzene rings is 1. The third-order valence-electron chi connectivity index (χ3n) is 8.40. The van der Waals surface area contributed by atoms with Gasteiger partial charge in [0, 0.05) is 12.3 Å². The van der Waals surface area contributed by atoms with Gasteiger partial charge in [-0.25, -0.2) is 0 Å². The monoisotopic (exact) mass is 427 g/mol. The third kappa shape index (κ3) is 3.06. The van der Waals surface area contributed by atoms with Crippen LogP contribution in [0, 0.1) is 22.2 Å². The van der Waals surface area contributed by atoms with Crippen LogP contribution in [0.2, 0.25) is 0 Å². The fraction of sp³-hybridized carbons (Fsp3) is 0.600. The van der Waals surface area contributed by atoms with Crippen molar-refractivity contribution in [1.29, 1.82) is 0 Å². The molecule has 0 bridgehead atoms. The molecule has 5 rings (SSSR count). The Labute approximate surface area is 183 Å². The molecule has 2 fully saturated rings. The van der Waals surface area contributed by atoms with Gasteiger partial charge in [0.1, 0.15) is 12.6 Å². The maximum atomic E-state index is 11.2. The Kier molecular flexibility index (Phi) is 5.27. The van der Waals surface area contributed by atoms with Gasteiger partial charge in [-0.3, -0.25) is 0 Å². The van der Waals surface area contributed by atoms with Crippen LogP contribution in [0.4, 0.5) is 0 Å². The van der Waals surface area contributed by atoms with Crippen LogP contribution in [-0.2, 0) is 11.3 Å². The van der Waals surface area contributed by atoms with Crippen LogP contribution >= 0.6 is 11.6 Å². The summed E-state index contributed by atoms with van der Waals surface area (Å²) in [6, 6.07) is 8.24. The summed E-state index contributed by atoms with van der Waals surface area (Å²) in [4.78, 5) is 11.2. The van der Waals surface area contributed by atoms with Crippen LogP contribution < -0.4 is 0 Å². The first-order valence-corrected chi connectivity index (χ1v) is 11.8. The highest BCUT2D eigenvalue weighted by Crippen LogP contribution is 2.64. The Morgan fingerprint density at radius 3 is 2.90 bits per heavy atom. The molecule has 1 aromatic rings. The first kappa shape index (κ1) is 20.3. The maximum absolute atomic E-state index is 11.2. The van der Waals surface area contributed by atoms with Gasteiger partial charge < -0.3 is 9.84 Å². The van der Waals surface area contributed by atoms with E-state index in [1.165, 1.54) is 22.3 Å². The number of nitroso groups, excluding NO2 is 1. The highest BCUT2D eigenvalue weighted by Gasteiger charge is 2.56. The fourth-order valence-corrected chi connectivity index (χ4v) is 7.13. The minimum Gasteiger partial charge on any atom is -0.496 e. The molecule has 1 heterocycles. The Morgan fingerprint density at radius 1 is 1.27 bits per heavy atom. The molecule has 4 aliphatic rings. The fourth-order valence-electron chi connectivity index (χ4n) is 6.94. The van der Waals surface area contributed by atoms with E-state index in [4.69, 9.17) is 16.3 Å². The summed E-state index contributed by atoms with van der Waals surface area (Å²) >= 11 is 6.18. The van der Waals surface area contributed by atoms with Crippen LogP contribution in [0.15, 0.2) is 52.4 Å². The van der Waals surface area contributed by atoms with Gasteiger partial charge in [-0.2, -0.15) is 4.91 Å². The summed E-state index contributed by atoms with van der Waals surface area (Å²) in [6.07, 6.45) is 7.62. The van der Waals surface area contributed by atoms with E-state index in [1.54, 1.807) is 0 Å². The highest BCUT2D eigenvalue weighted by molar-refractivity contribution is 6.18. The topological polar surface area (TPSA) is 58.9 Å². The molecule has 5 unspecified atom stereocenters. The summed E-state index contributed by atoms with van der Waals surface area (Å²) in [7, 11) is 0. The van der Waals surface area contributed by atoms with Crippen molar-refractivity contribution in [1.82, 2.24) is 0 Å². The lowest BCUT2D eigenvalue weighted by molar-refractivity contribution is -0.00370. The summed E-state index contributed by atoms with van der Waals surface area (Å²) in [5.74, 6) is 1.68. The van der Waals surface area contributed by atoms with Crippen LogP contribution in [0.1, 0.15) is 62.5 Å². The van der Waals surface area contributed by atoms with Crippen LogP contribution in [0.3, 0.4) is 0 Å². The second-order valence-electron chi connectivity index (χ2n) is 9.79. The van der Waals surface area contributed by atoms with Crippen molar-refractivity contribution in [3.63, 3.8) is 0 Å². The molecular formula is C25H30ClNO3. The Bertz CT molecular complexity index is 909. The zero-order chi connectivity index (χ0) is 20.9. The van der Waals surface area contributed by atoms with Crippen molar-refractivity contribution in [2.45, 2.75) is 70.1 Å². The van der Waals surface area contributed by atoms with Gasteiger partial charge in [0.25, 0.3) is 0 Å². The molecule has 2 saturated carbocycles. The van der Waals surface area contributed by atoms with Gasteiger partial charge in [0.2, 0.25) is 0 Å². The van der Waals surface area contributed by atoms with Crippen molar-refractivity contribution in [2.75, 3.05) is 5.88 Å². The molecule has 1 N–H and O–H groups in total. The van der Waals surface area contributed by atoms with E-state index >= 15 is 0 Å². The van der Waals surface area contributed by atoms with Crippen LogP contribution in [-0.4, -0.2) is 23.2 Å². The number of alkyl halides is 1. The van der Waals surface area contributed by atoms with Gasteiger partial charge in [0.15, 0.2) is 0 Å². The van der Waals surface area contributed by atoms with E-state index in [1.807, 2.05) is 18.4 Å². The molecule has 160 valence electrons. The Morgan fingerprint density at radius 2 is 2.10 bits per heavy atom. The van der Waals surface area contributed by atoms with E-state index < -0.39 is 0 Å². The predicted molar refractivity (Wildman–Crippen MR) is 118 cm³/mol. The lowest BCUT2D eigenvalue weighted by atomic mass is 9.53. The van der Waals surface area contributed by atoms with E-state index in [-0.39, 0.29) is 30.1 Å². The normalized spacial score (nSPS) is 37.6. The van der Waals surface area contributed by atoms with Crippen molar-refractivity contribution in [2.24, 2.45) is 22.4 Å². The van der Waals surface area contributed by atoms with Gasteiger partial charge in [-0.1, -0.05) is 41.9 Å². The SMILES string of the molecule is C[C@]12CC(c3ccccc3CN=O)C3=C4CC(CCl)OC=C4CCC3C1CCC2O. The zero-order valence-corrected chi connectivity index (χ0v) is 18.3. The zero-order valence-electron chi connectivity index (χ0n) is 17.5. The average Bonchev–Trinajstić information content (AvgIpc) is 3.07. The number of ether oxygens (including phenoxy) is 1. The first-order valence-electron chi connectivity index (χ1n) is 11.3. The lowest BCUT2D eigenvalue weighted by Crippen LogP contribution is -2.45. The standard InChI is InChI=1S/C25H30ClNO3/c1-25-11-21(18-5-3-2-4-15(18)13-27-29)24-19(22(25)8-9-23(25)28)7-6-16-14-30-17(12-26)10-20(16)24/h2-5,14,17,19,21-23,28H,6-13H2,1H3/t17?,19?,21?,22?,23?,25-/m0/s1. The summed E-state index contributed by atoms with van der Waals surface area (Å²) < 4.78 is 5.88. The number of fused-ring (bicyclic) bond motifs is 4. The van der Waals surface area contributed by atoms with Gasteiger partial charge in [-0.15, -0.1) is 11.6 Å². The summed E-state index contributed by atoms with van der Waals surface area (Å²) in [5, 5.41) is 14.2. The van der Waals surface area contributed by atoms with Crippen molar-refractivity contribution in [3.8, 4) is 0 Å². The molecular weight excluding hydrogens is 398 g/mol. The molecule has 30 heavy (non-hydrogen) atoms. The van der Waals surface area contributed by atoms with E-state index in [0.717, 1.165) is 44.1 Å². The molecule has 0 amide bonds. The molecule has 0 saturated heterocycles. The molecule has 3 aliphatic carbocycles. The highest BCUT2D eigenvalue weighted by atomic mass is 35.5. The molecule has 5 heteroatoms. The second-order valence-corrected chi connectivity index (χ2v) is 10.1. The first-order chi connectivity index (χ1) is 14.6. The molecule has 6 atom stereocenters. The number of hydrogen-bond acceptors (Lipinski definition) is 4. The van der Waals surface area contributed by atoms with Crippen molar-refractivity contribution < 1.29 is 9.84 Å². The Balaban J connectivity index is 1.69. The number of halogens is 1. The smallest absolute Gasteiger partial charge is 0.115 e. The van der Waals surface area contributed by atoms with Crippen LogP contribution in [0.5, 0.6) is 0 Å². The number of allylic oxidation sites excluding steroid dienone is 2. The predicted octanol–water partition coefficient (Wildman–Crippen LogP) is 5.84. The molecule has 1 aromatic carbocycles. The quantitative estimate of drug-likeness (QED) is 0.485. The molecule has 0 spiro atoms. The summed E-state index contributed by atoms with van der Waals surface area (Å²) in [6.45, 7) is 2.49. The second kappa shape index (κ2) is 7.80. The van der Waals surface area contributed by atoms with E-state index in [9.17, 15) is 10.0 Å². The number of rotatable bonds is 4. The van der Waals surface area contributed by atoms with Gasteiger partial charge >= 0.3 is 0 Å². The number of aliphatic hydroxyl groups excluding tert-OH is 1. The molecule has 0 radical (unpaired) electrons. The van der Waals surface area contributed by atoms with Crippen LogP contribution in [0.25, 0.3) is 0 Å². The molecule has 4 nitrogen and oxygen atoms in total. The number of aliphatic hydroxyl groups is 1. The van der Waals surface area contributed by atoms with E-state index in [2.05, 4.69) is 24.2 Å². The number of nitrogens with zero attached hydrogens (tertiary/aromatic N) is 1. The van der Waals surface area contributed by atoms with Gasteiger partial charge in [0.05, 0.1) is 18.2 Å². The molecule has 0 aromatic heterocycles. The molecule has 1 aliphatic heterocycles.